The maximum atomic E-state index is 13.1. The van der Waals surface area contributed by atoms with Gasteiger partial charge in [-0.2, -0.15) is 0 Å². The molecule has 8 nitrogen and oxygen atoms in total. The zero-order valence-electron chi connectivity index (χ0n) is 15.7. The Morgan fingerprint density at radius 2 is 1.80 bits per heavy atom. The number of para-hydroxylation sites is 1. The van der Waals surface area contributed by atoms with Gasteiger partial charge >= 0.3 is 6.01 Å². The van der Waals surface area contributed by atoms with Crippen molar-refractivity contribution in [3.63, 3.8) is 0 Å². The number of fused-ring (bicyclic) bond motifs is 1. The quantitative estimate of drug-likeness (QED) is 0.555. The number of nitrogens with zero attached hydrogens (tertiary/aromatic N) is 3. The fourth-order valence-electron chi connectivity index (χ4n) is 3.14. The molecule has 2 aromatic carbocycles. The third kappa shape index (κ3) is 3.46. The van der Waals surface area contributed by atoms with Crippen LogP contribution in [0.4, 0.5) is 6.01 Å². The normalized spacial score (nSPS) is 13.3. The molecule has 0 fully saturated rings. The zero-order chi connectivity index (χ0) is 20.3. The number of pyridine rings is 1. The SMILES string of the molecule is O=C(Nc1nnc(C2=COCCO2)o1)c1cc(-c2ccccc2)nc2ccccc12. The number of hydrogen-bond acceptors (Lipinski definition) is 7. The lowest BCUT2D eigenvalue weighted by Crippen LogP contribution is -2.13. The molecule has 30 heavy (non-hydrogen) atoms. The van der Waals surface area contributed by atoms with E-state index in [1.807, 2.05) is 54.6 Å². The van der Waals surface area contributed by atoms with Crippen LogP contribution in [0.3, 0.4) is 0 Å². The Labute approximate surface area is 171 Å². The topological polar surface area (TPSA) is 99.4 Å². The van der Waals surface area contributed by atoms with E-state index in [1.165, 1.54) is 6.26 Å². The zero-order valence-corrected chi connectivity index (χ0v) is 15.7. The average molecular weight is 400 g/mol. The molecular formula is C22H16N4O4. The number of carbonyl (C=O) groups excluding carboxylic acids is 1. The van der Waals surface area contributed by atoms with Crippen LogP contribution in [0.1, 0.15) is 16.2 Å². The van der Waals surface area contributed by atoms with Crippen molar-refractivity contribution in [3.05, 3.63) is 78.4 Å². The van der Waals surface area contributed by atoms with Crippen LogP contribution in [0.2, 0.25) is 0 Å². The van der Waals surface area contributed by atoms with Crippen molar-refractivity contribution >= 4 is 28.6 Å². The molecule has 0 bridgehead atoms. The van der Waals surface area contributed by atoms with E-state index in [0.717, 1.165) is 10.9 Å². The molecule has 0 atom stereocenters. The van der Waals surface area contributed by atoms with E-state index in [0.29, 0.717) is 35.7 Å². The molecule has 148 valence electrons. The van der Waals surface area contributed by atoms with Gasteiger partial charge in [0.05, 0.1) is 16.8 Å². The number of hydrogen-bond donors (Lipinski definition) is 1. The monoisotopic (exact) mass is 400 g/mol. The molecule has 5 rings (SSSR count). The fraction of sp³-hybridized carbons (Fsp3) is 0.0909. The van der Waals surface area contributed by atoms with E-state index in [2.05, 4.69) is 15.5 Å². The molecule has 1 amide bonds. The number of carbonyl (C=O) groups is 1. The van der Waals surface area contributed by atoms with Crippen LogP contribution in [0.15, 0.2) is 71.3 Å². The first-order valence-corrected chi connectivity index (χ1v) is 9.33. The summed E-state index contributed by atoms with van der Waals surface area (Å²) in [6.07, 6.45) is 1.41. The second-order valence-electron chi connectivity index (χ2n) is 6.51. The smallest absolute Gasteiger partial charge is 0.322 e. The van der Waals surface area contributed by atoms with Crippen molar-refractivity contribution in [1.82, 2.24) is 15.2 Å². The number of amides is 1. The first-order chi connectivity index (χ1) is 14.8. The third-order valence-corrected chi connectivity index (χ3v) is 4.54. The van der Waals surface area contributed by atoms with Crippen LogP contribution in [0.5, 0.6) is 0 Å². The Kier molecular flexibility index (Phi) is 4.57. The number of ether oxygens (including phenoxy) is 2. The maximum Gasteiger partial charge on any atom is 0.322 e. The lowest BCUT2D eigenvalue weighted by Gasteiger charge is -2.12. The van der Waals surface area contributed by atoms with Crippen LogP contribution in [-0.4, -0.2) is 34.3 Å². The predicted octanol–water partition coefficient (Wildman–Crippen LogP) is 3.88. The summed E-state index contributed by atoms with van der Waals surface area (Å²) in [6, 6.07) is 18.9. The van der Waals surface area contributed by atoms with Crippen molar-refractivity contribution in [2.75, 3.05) is 18.5 Å². The van der Waals surface area contributed by atoms with Gasteiger partial charge < -0.3 is 13.9 Å². The molecular weight excluding hydrogens is 384 g/mol. The van der Waals surface area contributed by atoms with E-state index < -0.39 is 0 Å². The molecule has 2 aromatic heterocycles. The van der Waals surface area contributed by atoms with Crippen molar-refractivity contribution < 1.29 is 18.7 Å². The number of aromatic nitrogens is 3. The Balaban J connectivity index is 1.49. The van der Waals surface area contributed by atoms with Crippen molar-refractivity contribution in [3.8, 4) is 11.3 Å². The van der Waals surface area contributed by atoms with Gasteiger partial charge in [0.25, 0.3) is 11.8 Å². The minimum atomic E-state index is -0.379. The van der Waals surface area contributed by atoms with Gasteiger partial charge in [-0.3, -0.25) is 10.1 Å². The first-order valence-electron chi connectivity index (χ1n) is 9.33. The van der Waals surface area contributed by atoms with E-state index in [-0.39, 0.29) is 17.8 Å². The van der Waals surface area contributed by atoms with Crippen molar-refractivity contribution in [2.45, 2.75) is 0 Å². The molecule has 0 spiro atoms. The van der Waals surface area contributed by atoms with Crippen LogP contribution < -0.4 is 5.32 Å². The Morgan fingerprint density at radius 1 is 0.967 bits per heavy atom. The molecule has 0 unspecified atom stereocenters. The lowest BCUT2D eigenvalue weighted by molar-refractivity contribution is 0.102. The lowest BCUT2D eigenvalue weighted by atomic mass is 10.0. The minimum absolute atomic E-state index is 0.0350. The molecule has 0 saturated carbocycles. The predicted molar refractivity (Wildman–Crippen MR) is 109 cm³/mol. The first kappa shape index (κ1) is 17.9. The Hall–Kier alpha value is -4.20. The van der Waals surface area contributed by atoms with Gasteiger partial charge in [-0.25, -0.2) is 4.98 Å². The van der Waals surface area contributed by atoms with Gasteiger partial charge in [0, 0.05) is 10.9 Å². The van der Waals surface area contributed by atoms with Gasteiger partial charge in [0.15, 0.2) is 0 Å². The molecule has 8 heteroatoms. The highest BCUT2D eigenvalue weighted by molar-refractivity contribution is 6.12. The highest BCUT2D eigenvalue weighted by Gasteiger charge is 2.19. The number of benzene rings is 2. The molecule has 1 aliphatic rings. The van der Waals surface area contributed by atoms with E-state index in [9.17, 15) is 4.79 Å². The van der Waals surface area contributed by atoms with Gasteiger partial charge in [-0.15, -0.1) is 5.10 Å². The summed E-state index contributed by atoms with van der Waals surface area (Å²) < 4.78 is 16.1. The highest BCUT2D eigenvalue weighted by Crippen LogP contribution is 2.26. The van der Waals surface area contributed by atoms with Crippen molar-refractivity contribution in [2.24, 2.45) is 0 Å². The van der Waals surface area contributed by atoms with E-state index in [1.54, 1.807) is 6.07 Å². The van der Waals surface area contributed by atoms with E-state index in [4.69, 9.17) is 18.9 Å². The minimum Gasteiger partial charge on any atom is -0.494 e. The second-order valence-corrected chi connectivity index (χ2v) is 6.51. The summed E-state index contributed by atoms with van der Waals surface area (Å²) in [4.78, 5) is 17.8. The number of nitrogens with one attached hydrogen (secondary N) is 1. The summed E-state index contributed by atoms with van der Waals surface area (Å²) in [6.45, 7) is 0.848. The Bertz CT molecular complexity index is 1250. The van der Waals surface area contributed by atoms with Gasteiger partial charge in [0.1, 0.15) is 19.5 Å². The average Bonchev–Trinajstić information content (AvgIpc) is 3.28. The van der Waals surface area contributed by atoms with Crippen LogP contribution in [-0.2, 0) is 9.47 Å². The van der Waals surface area contributed by atoms with Gasteiger partial charge in [-0.1, -0.05) is 53.6 Å². The van der Waals surface area contributed by atoms with Crippen LogP contribution >= 0.6 is 0 Å². The largest absolute Gasteiger partial charge is 0.494 e. The summed E-state index contributed by atoms with van der Waals surface area (Å²) in [5, 5.41) is 11.2. The maximum absolute atomic E-state index is 13.1. The Morgan fingerprint density at radius 3 is 2.63 bits per heavy atom. The van der Waals surface area contributed by atoms with E-state index >= 15 is 0 Å². The number of rotatable bonds is 4. The molecule has 0 aliphatic carbocycles. The summed E-state index contributed by atoms with van der Waals surface area (Å²) >= 11 is 0. The molecule has 3 heterocycles. The number of anilines is 1. The standard InChI is InChI=1S/C22H16N4O4/c27-20(24-22-26-25-21(30-22)19-13-28-10-11-29-19)16-12-18(14-6-2-1-3-7-14)23-17-9-5-4-8-15(16)17/h1-9,12-13H,10-11H2,(H,24,26,27). The molecule has 1 aliphatic heterocycles. The van der Waals surface area contributed by atoms with Crippen molar-refractivity contribution in [1.29, 1.82) is 0 Å². The molecule has 0 radical (unpaired) electrons. The van der Waals surface area contributed by atoms with Crippen LogP contribution in [0.25, 0.3) is 27.9 Å². The highest BCUT2D eigenvalue weighted by atomic mass is 16.6. The molecule has 0 saturated heterocycles. The fourth-order valence-corrected chi connectivity index (χ4v) is 3.14. The summed E-state index contributed by atoms with van der Waals surface area (Å²) in [7, 11) is 0. The molecule has 4 aromatic rings. The summed E-state index contributed by atoms with van der Waals surface area (Å²) in [5.41, 5.74) is 2.78. The molecule has 1 N–H and O–H groups in total. The van der Waals surface area contributed by atoms with Gasteiger partial charge in [0.2, 0.25) is 5.76 Å². The third-order valence-electron chi connectivity index (χ3n) is 4.54. The van der Waals surface area contributed by atoms with Gasteiger partial charge in [-0.05, 0) is 12.1 Å². The summed E-state index contributed by atoms with van der Waals surface area (Å²) in [5.74, 6) is 0.0836. The van der Waals surface area contributed by atoms with Crippen LogP contribution in [0, 0.1) is 0 Å². The second kappa shape index (κ2) is 7.67.